The summed E-state index contributed by atoms with van der Waals surface area (Å²) in [7, 11) is 0. The molecule has 19 heavy (non-hydrogen) atoms. The van der Waals surface area contributed by atoms with Gasteiger partial charge in [0.15, 0.2) is 0 Å². The maximum absolute atomic E-state index is 11.7. The zero-order chi connectivity index (χ0) is 13.9. The molecule has 1 aliphatic heterocycles. The van der Waals surface area contributed by atoms with Crippen molar-refractivity contribution < 1.29 is 9.53 Å². The van der Waals surface area contributed by atoms with Crippen LogP contribution >= 0.6 is 0 Å². The van der Waals surface area contributed by atoms with E-state index >= 15 is 0 Å². The van der Waals surface area contributed by atoms with Crippen molar-refractivity contribution in [2.45, 2.75) is 39.0 Å². The molecular weight excluding hydrogens is 244 g/mol. The monoisotopic (exact) mass is 266 g/mol. The molecule has 0 radical (unpaired) electrons. The number of rotatable bonds is 4. The largest absolute Gasteiger partial charge is 0.444 e. The molecule has 1 N–H and O–H groups in total. The zero-order valence-corrected chi connectivity index (χ0v) is 11.8. The number of ether oxygens (including phenoxy) is 1. The SMILES string of the molecule is CC(C)(C)OC(=O)N1CC(NCCn2cccn2)C1. The van der Waals surface area contributed by atoms with E-state index in [4.69, 9.17) is 4.74 Å². The molecule has 0 aliphatic carbocycles. The molecule has 1 saturated heterocycles. The van der Waals surface area contributed by atoms with Crippen LogP contribution in [0.25, 0.3) is 0 Å². The molecule has 106 valence electrons. The molecule has 6 heteroatoms. The van der Waals surface area contributed by atoms with Gasteiger partial charge in [0.25, 0.3) is 0 Å². The average molecular weight is 266 g/mol. The first kappa shape index (κ1) is 13.9. The smallest absolute Gasteiger partial charge is 0.410 e. The third-order valence-corrected chi connectivity index (χ3v) is 2.87. The van der Waals surface area contributed by atoms with Crippen LogP contribution in [0.3, 0.4) is 0 Å². The number of carbonyl (C=O) groups is 1. The van der Waals surface area contributed by atoms with E-state index in [-0.39, 0.29) is 6.09 Å². The van der Waals surface area contributed by atoms with Crippen LogP contribution in [-0.2, 0) is 11.3 Å². The Morgan fingerprint density at radius 1 is 1.47 bits per heavy atom. The van der Waals surface area contributed by atoms with Crippen LogP contribution in [0.5, 0.6) is 0 Å². The van der Waals surface area contributed by atoms with E-state index in [9.17, 15) is 4.79 Å². The average Bonchev–Trinajstić information content (AvgIpc) is 2.71. The van der Waals surface area contributed by atoms with Crippen molar-refractivity contribution in [2.24, 2.45) is 0 Å². The van der Waals surface area contributed by atoms with Crippen molar-refractivity contribution >= 4 is 6.09 Å². The minimum Gasteiger partial charge on any atom is -0.444 e. The number of likely N-dealkylation sites (tertiary alicyclic amines) is 1. The van der Waals surface area contributed by atoms with E-state index in [1.165, 1.54) is 0 Å². The fraction of sp³-hybridized carbons (Fsp3) is 0.692. The fourth-order valence-electron chi connectivity index (χ4n) is 1.90. The van der Waals surface area contributed by atoms with Gasteiger partial charge in [0, 0.05) is 38.1 Å². The van der Waals surface area contributed by atoms with Gasteiger partial charge in [0.2, 0.25) is 0 Å². The minimum absolute atomic E-state index is 0.224. The Bertz CT molecular complexity index is 405. The highest BCUT2D eigenvalue weighted by Gasteiger charge is 2.33. The van der Waals surface area contributed by atoms with Crippen molar-refractivity contribution in [1.82, 2.24) is 20.0 Å². The third-order valence-electron chi connectivity index (χ3n) is 2.87. The van der Waals surface area contributed by atoms with E-state index in [1.807, 2.05) is 37.7 Å². The molecule has 0 atom stereocenters. The summed E-state index contributed by atoms with van der Waals surface area (Å²) in [4.78, 5) is 13.4. The topological polar surface area (TPSA) is 59.4 Å². The van der Waals surface area contributed by atoms with Crippen LogP contribution in [0.15, 0.2) is 18.5 Å². The van der Waals surface area contributed by atoms with E-state index in [1.54, 1.807) is 11.1 Å². The van der Waals surface area contributed by atoms with Gasteiger partial charge in [-0.1, -0.05) is 0 Å². The molecular formula is C13H22N4O2. The lowest BCUT2D eigenvalue weighted by Crippen LogP contribution is -2.60. The summed E-state index contributed by atoms with van der Waals surface area (Å²) < 4.78 is 7.18. The first-order chi connectivity index (χ1) is 8.94. The Balaban J connectivity index is 1.60. The minimum atomic E-state index is -0.421. The summed E-state index contributed by atoms with van der Waals surface area (Å²) in [5, 5.41) is 7.53. The van der Waals surface area contributed by atoms with E-state index in [0.29, 0.717) is 19.1 Å². The normalized spacial score (nSPS) is 16.3. The van der Waals surface area contributed by atoms with Crippen molar-refractivity contribution in [3.63, 3.8) is 0 Å². The number of carbonyl (C=O) groups excluding carboxylic acids is 1. The highest BCUT2D eigenvalue weighted by atomic mass is 16.6. The van der Waals surface area contributed by atoms with Crippen molar-refractivity contribution in [3.8, 4) is 0 Å². The maximum Gasteiger partial charge on any atom is 0.410 e. The quantitative estimate of drug-likeness (QED) is 0.886. The van der Waals surface area contributed by atoms with Crippen molar-refractivity contribution in [2.75, 3.05) is 19.6 Å². The number of nitrogens with zero attached hydrogens (tertiary/aromatic N) is 3. The zero-order valence-electron chi connectivity index (χ0n) is 11.8. The molecule has 1 aliphatic rings. The number of hydrogen-bond acceptors (Lipinski definition) is 4. The lowest BCUT2D eigenvalue weighted by molar-refractivity contribution is 0.00529. The molecule has 0 spiro atoms. The third kappa shape index (κ3) is 4.24. The number of aromatic nitrogens is 2. The van der Waals surface area contributed by atoms with Gasteiger partial charge in [-0.05, 0) is 26.8 Å². The summed E-state index contributed by atoms with van der Waals surface area (Å²) in [5.74, 6) is 0. The second kappa shape index (κ2) is 5.61. The van der Waals surface area contributed by atoms with Gasteiger partial charge >= 0.3 is 6.09 Å². The van der Waals surface area contributed by atoms with Gasteiger partial charge in [-0.25, -0.2) is 4.79 Å². The van der Waals surface area contributed by atoms with Crippen LogP contribution in [0.2, 0.25) is 0 Å². The number of amides is 1. The number of nitrogens with one attached hydrogen (secondary N) is 1. The van der Waals surface area contributed by atoms with Crippen LogP contribution in [-0.4, -0.2) is 52.1 Å². The lowest BCUT2D eigenvalue weighted by atomic mass is 10.1. The predicted molar refractivity (Wildman–Crippen MR) is 71.8 cm³/mol. The fourth-order valence-corrected chi connectivity index (χ4v) is 1.90. The molecule has 6 nitrogen and oxygen atoms in total. The molecule has 0 saturated carbocycles. The standard InChI is InChI=1S/C13H22N4O2/c1-13(2,3)19-12(18)16-9-11(10-16)14-6-8-17-7-4-5-15-17/h4-5,7,11,14H,6,8-10H2,1-3H3. The second-order valence-corrected chi connectivity index (χ2v) is 5.81. The lowest BCUT2D eigenvalue weighted by Gasteiger charge is -2.40. The molecule has 1 amide bonds. The molecule has 0 unspecified atom stereocenters. The molecule has 0 bridgehead atoms. The highest BCUT2D eigenvalue weighted by molar-refractivity contribution is 5.69. The van der Waals surface area contributed by atoms with Gasteiger partial charge in [-0.2, -0.15) is 5.10 Å². The summed E-state index contributed by atoms with van der Waals surface area (Å²) in [5.41, 5.74) is -0.421. The second-order valence-electron chi connectivity index (χ2n) is 5.81. The van der Waals surface area contributed by atoms with Gasteiger partial charge in [-0.3, -0.25) is 4.68 Å². The molecule has 1 aromatic rings. The summed E-state index contributed by atoms with van der Waals surface area (Å²) >= 11 is 0. The Kier molecular flexibility index (Phi) is 4.09. The summed E-state index contributed by atoms with van der Waals surface area (Å²) in [6.07, 6.45) is 3.49. The van der Waals surface area contributed by atoms with E-state index < -0.39 is 5.60 Å². The van der Waals surface area contributed by atoms with Crippen LogP contribution < -0.4 is 5.32 Å². The van der Waals surface area contributed by atoms with Gasteiger partial charge in [0.1, 0.15) is 5.60 Å². The first-order valence-corrected chi connectivity index (χ1v) is 6.63. The highest BCUT2D eigenvalue weighted by Crippen LogP contribution is 2.14. The van der Waals surface area contributed by atoms with E-state index in [0.717, 1.165) is 13.1 Å². The molecule has 2 rings (SSSR count). The van der Waals surface area contributed by atoms with Crippen LogP contribution in [0.1, 0.15) is 20.8 Å². The van der Waals surface area contributed by atoms with Gasteiger partial charge in [0.05, 0.1) is 6.54 Å². The van der Waals surface area contributed by atoms with Crippen LogP contribution in [0.4, 0.5) is 4.79 Å². The number of hydrogen-bond donors (Lipinski definition) is 1. The molecule has 1 fully saturated rings. The van der Waals surface area contributed by atoms with Crippen molar-refractivity contribution in [1.29, 1.82) is 0 Å². The maximum atomic E-state index is 11.7. The van der Waals surface area contributed by atoms with E-state index in [2.05, 4.69) is 10.4 Å². The molecule has 2 heterocycles. The summed E-state index contributed by atoms with van der Waals surface area (Å²) in [6, 6.07) is 2.27. The van der Waals surface area contributed by atoms with Crippen molar-refractivity contribution in [3.05, 3.63) is 18.5 Å². The molecule has 1 aromatic heterocycles. The van der Waals surface area contributed by atoms with Crippen LogP contribution in [0, 0.1) is 0 Å². The first-order valence-electron chi connectivity index (χ1n) is 6.63. The Labute approximate surface area is 113 Å². The Morgan fingerprint density at radius 3 is 2.79 bits per heavy atom. The molecule has 0 aromatic carbocycles. The summed E-state index contributed by atoms with van der Waals surface area (Å²) in [6.45, 7) is 8.77. The van der Waals surface area contributed by atoms with Gasteiger partial charge in [-0.15, -0.1) is 0 Å². The van der Waals surface area contributed by atoms with Gasteiger partial charge < -0.3 is 15.0 Å². The Hall–Kier alpha value is -1.56. The Morgan fingerprint density at radius 2 is 2.21 bits per heavy atom. The predicted octanol–water partition coefficient (Wildman–Crippen LogP) is 1.09.